The molecule has 17 N–H and O–H groups in total. The quantitative estimate of drug-likeness (QED) is 0.0133. The van der Waals surface area contributed by atoms with Gasteiger partial charge in [-0.25, -0.2) is 9.86 Å². The fourth-order valence-electron chi connectivity index (χ4n) is 7.66. The first-order valence-electron chi connectivity index (χ1n) is 23.3. The maximum absolute atomic E-state index is 13.7. The van der Waals surface area contributed by atoms with Crippen molar-refractivity contribution in [2.24, 2.45) is 16.5 Å². The molecule has 0 spiro atoms. The van der Waals surface area contributed by atoms with Crippen molar-refractivity contribution in [3.63, 3.8) is 0 Å². The number of carboxylic acids is 1. The molecule has 2 saturated heterocycles. The third-order valence-corrected chi connectivity index (χ3v) is 11.6. The van der Waals surface area contributed by atoms with Crippen molar-refractivity contribution in [1.29, 1.82) is 0 Å². The fraction of sp³-hybridized carbons (Fsp3) is 0.762. The van der Waals surface area contributed by atoms with Crippen molar-refractivity contribution < 1.29 is 79.0 Å². The number of aliphatic imine (C=N–C) groups is 1. The van der Waals surface area contributed by atoms with Crippen molar-refractivity contribution >= 4 is 59.2 Å². The SMILES string of the molecule is CCCCCCCCCC(O)CC(=O)N1CCC[C@H]1C(=O)N[C@@H](CCCN=C(N)N)C(=O)N[C@@H](CO)C(=O)N[C@H](C(=O)N[C@H](C(=O)N[C@@H](CO)C(=O)NC1CCCN(O)C1=O)[C@@H](C)O)C(O)C(=O)O. The lowest BCUT2D eigenvalue weighted by Gasteiger charge is -2.30. The number of hydrogen-bond acceptors (Lipinski definition) is 16. The normalized spacial score (nSPS) is 19.3. The van der Waals surface area contributed by atoms with E-state index in [1.807, 2.05) is 10.6 Å². The van der Waals surface area contributed by atoms with Gasteiger partial charge in [0.1, 0.15) is 42.3 Å². The Hall–Kier alpha value is -5.74. The molecule has 0 aliphatic carbocycles. The number of nitrogens with two attached hydrogens (primary N) is 2. The lowest BCUT2D eigenvalue weighted by molar-refractivity contribution is -0.173. The topological polar surface area (TPSA) is 438 Å². The Morgan fingerprint density at radius 3 is 1.88 bits per heavy atom. The average molecular weight is 988 g/mol. The van der Waals surface area contributed by atoms with Gasteiger partial charge in [-0.1, -0.05) is 51.9 Å². The van der Waals surface area contributed by atoms with Crippen LogP contribution < -0.4 is 43.4 Å². The average Bonchev–Trinajstić information content (AvgIpc) is 3.80. The molecule has 27 nitrogen and oxygen atoms in total. The molecule has 0 aromatic rings. The van der Waals surface area contributed by atoms with Crippen LogP contribution in [0.4, 0.5) is 0 Å². The van der Waals surface area contributed by atoms with E-state index in [9.17, 15) is 79.0 Å². The summed E-state index contributed by atoms with van der Waals surface area (Å²) >= 11 is 0. The predicted molar refractivity (Wildman–Crippen MR) is 242 cm³/mol. The number of piperidine rings is 1. The molecule has 27 heteroatoms. The molecule has 2 rings (SSSR count). The van der Waals surface area contributed by atoms with E-state index in [1.54, 1.807) is 0 Å². The number of aliphatic carboxylic acids is 1. The number of hydroxylamine groups is 2. The molecule has 0 aromatic heterocycles. The van der Waals surface area contributed by atoms with Crippen LogP contribution in [0.25, 0.3) is 0 Å². The largest absolute Gasteiger partial charge is 0.479 e. The Kier molecular flexibility index (Phi) is 26.4. The van der Waals surface area contributed by atoms with Gasteiger partial charge in [0.15, 0.2) is 12.1 Å². The number of likely N-dealkylation sites (tertiary alicyclic amines) is 1. The van der Waals surface area contributed by atoms with Crippen LogP contribution in [0.1, 0.15) is 110 Å². The van der Waals surface area contributed by atoms with E-state index >= 15 is 0 Å². The van der Waals surface area contributed by atoms with Crippen molar-refractivity contribution in [2.75, 3.05) is 32.8 Å². The summed E-state index contributed by atoms with van der Waals surface area (Å²) < 4.78 is 0. The molecule has 2 aliphatic heterocycles. The number of aliphatic hydroxyl groups is 5. The zero-order chi connectivity index (χ0) is 51.8. The number of aliphatic hydroxyl groups excluding tert-OH is 5. The lowest BCUT2D eigenvalue weighted by atomic mass is 10.0. The highest BCUT2D eigenvalue weighted by Gasteiger charge is 2.41. The highest BCUT2D eigenvalue weighted by molar-refractivity contribution is 5.99. The van der Waals surface area contributed by atoms with Gasteiger partial charge in [0.25, 0.3) is 5.91 Å². The summed E-state index contributed by atoms with van der Waals surface area (Å²) in [6, 6.07) is -12.0. The molecule has 0 aromatic carbocycles. The Labute approximate surface area is 399 Å². The van der Waals surface area contributed by atoms with Crippen LogP contribution in [0.3, 0.4) is 0 Å². The van der Waals surface area contributed by atoms with E-state index in [2.05, 4.69) is 33.2 Å². The van der Waals surface area contributed by atoms with Crippen molar-refractivity contribution in [3.8, 4) is 0 Å². The number of carbonyl (C=O) groups excluding carboxylic acids is 8. The smallest absolute Gasteiger partial charge is 0.335 e. The Morgan fingerprint density at radius 1 is 0.710 bits per heavy atom. The Balaban J connectivity index is 2.19. The maximum Gasteiger partial charge on any atom is 0.335 e. The second-order valence-corrected chi connectivity index (χ2v) is 17.2. The predicted octanol–water partition coefficient (Wildman–Crippen LogP) is -5.35. The number of carboxylic acid groups (broad SMARTS) is 1. The number of nitrogens with one attached hydrogen (secondary N) is 6. The molecule has 2 aliphatic rings. The summed E-state index contributed by atoms with van der Waals surface area (Å²) in [7, 11) is 0. The van der Waals surface area contributed by atoms with E-state index in [0.29, 0.717) is 24.3 Å². The van der Waals surface area contributed by atoms with Crippen LogP contribution >= 0.6 is 0 Å². The van der Waals surface area contributed by atoms with Gasteiger partial charge in [0.05, 0.1) is 31.8 Å². The van der Waals surface area contributed by atoms with Crippen molar-refractivity contribution in [1.82, 2.24) is 41.9 Å². The van der Waals surface area contributed by atoms with E-state index in [-0.39, 0.29) is 57.7 Å². The standard InChI is InChI=1S/C42H73N11O16/c1-3-4-5-6-7-8-9-13-24(57)20-30(58)52-18-12-16-29(52)37(63)46-25(14-10-17-45-42(43)44)34(60)48-28(22-55)36(62)51-32(33(59)41(67)68)39(65)50-31(23(2)56)38(64)49-27(21-54)35(61)47-26-15-11-19-53(69)40(26)66/h23-29,31-33,54-57,59,69H,3-22H2,1-2H3,(H,46,63)(H,47,61)(H,48,60)(H,49,64)(H,50,65)(H,51,62)(H,67,68)(H4,43,44,45)/t23-,24?,25+,26?,27+,28+,29+,31+,32+,33?/m1/s1. The van der Waals surface area contributed by atoms with Crippen LogP contribution in [0.5, 0.6) is 0 Å². The van der Waals surface area contributed by atoms with E-state index in [1.165, 1.54) is 4.90 Å². The number of hydrogen-bond donors (Lipinski definition) is 15. The number of rotatable bonds is 31. The highest BCUT2D eigenvalue weighted by atomic mass is 16.5. The zero-order valence-corrected chi connectivity index (χ0v) is 39.2. The Bertz CT molecular complexity index is 1770. The molecule has 3 unspecified atom stereocenters. The summed E-state index contributed by atoms with van der Waals surface area (Å²) in [6.07, 6.45) is 2.94. The molecule has 2 fully saturated rings. The highest BCUT2D eigenvalue weighted by Crippen LogP contribution is 2.21. The van der Waals surface area contributed by atoms with Gasteiger partial charge in [0, 0.05) is 19.6 Å². The maximum atomic E-state index is 13.7. The van der Waals surface area contributed by atoms with Crippen LogP contribution in [0.2, 0.25) is 0 Å². The van der Waals surface area contributed by atoms with E-state index in [0.717, 1.165) is 51.9 Å². The number of unbranched alkanes of at least 4 members (excludes halogenated alkanes) is 6. The molecule has 392 valence electrons. The summed E-state index contributed by atoms with van der Waals surface area (Å²) in [5.41, 5.74) is 10.8. The van der Waals surface area contributed by atoms with Crippen LogP contribution in [0, 0.1) is 0 Å². The summed E-state index contributed by atoms with van der Waals surface area (Å²) in [4.78, 5) is 123. The van der Waals surface area contributed by atoms with E-state index in [4.69, 9.17) is 11.5 Å². The number of carbonyl (C=O) groups is 9. The lowest BCUT2D eigenvalue weighted by Crippen LogP contribution is -2.65. The van der Waals surface area contributed by atoms with Gasteiger partial charge < -0.3 is 78.9 Å². The second-order valence-electron chi connectivity index (χ2n) is 17.2. The minimum Gasteiger partial charge on any atom is -0.479 e. The first-order valence-corrected chi connectivity index (χ1v) is 23.3. The first kappa shape index (κ1) is 59.4. The number of nitrogens with zero attached hydrogens (tertiary/aromatic N) is 3. The molecule has 0 radical (unpaired) electrons. The van der Waals surface area contributed by atoms with Gasteiger partial charge >= 0.3 is 5.97 Å². The van der Waals surface area contributed by atoms with Crippen LogP contribution in [-0.2, 0) is 43.2 Å². The van der Waals surface area contributed by atoms with Crippen molar-refractivity contribution in [3.05, 3.63) is 0 Å². The zero-order valence-electron chi connectivity index (χ0n) is 39.2. The molecule has 0 saturated carbocycles. The van der Waals surface area contributed by atoms with Crippen LogP contribution in [0.15, 0.2) is 4.99 Å². The summed E-state index contributed by atoms with van der Waals surface area (Å²) in [5.74, 6) is -10.9. The van der Waals surface area contributed by atoms with Crippen LogP contribution in [-0.4, -0.2) is 198 Å². The molecule has 0 bridgehead atoms. The molecule has 10 atom stereocenters. The fourth-order valence-corrected chi connectivity index (χ4v) is 7.66. The number of guanidine groups is 1. The molecule has 2 heterocycles. The van der Waals surface area contributed by atoms with Gasteiger partial charge in [0.2, 0.25) is 41.4 Å². The second kappa shape index (κ2) is 30.7. The summed E-state index contributed by atoms with van der Waals surface area (Å²) in [6.45, 7) is 1.08. The van der Waals surface area contributed by atoms with Gasteiger partial charge in [-0.05, 0) is 51.9 Å². The molecule has 8 amide bonds. The van der Waals surface area contributed by atoms with Gasteiger partial charge in [-0.15, -0.1) is 0 Å². The molecule has 69 heavy (non-hydrogen) atoms. The van der Waals surface area contributed by atoms with E-state index < -0.39 is 127 Å². The number of amides is 8. The Morgan fingerprint density at radius 2 is 1.28 bits per heavy atom. The minimum atomic E-state index is -2.75. The van der Waals surface area contributed by atoms with Crippen molar-refractivity contribution in [2.45, 2.75) is 171 Å². The third-order valence-electron chi connectivity index (χ3n) is 11.6. The summed E-state index contributed by atoms with van der Waals surface area (Å²) in [5, 5.41) is 84.1. The van der Waals surface area contributed by atoms with Gasteiger partial charge in [-0.2, -0.15) is 0 Å². The first-order chi connectivity index (χ1) is 32.7. The minimum absolute atomic E-state index is 0.00912. The molecular weight excluding hydrogens is 915 g/mol. The van der Waals surface area contributed by atoms with Gasteiger partial charge in [-0.3, -0.25) is 48.6 Å². The molecular formula is C42H73N11O16. The monoisotopic (exact) mass is 988 g/mol. The third kappa shape index (κ3) is 20.0.